The van der Waals surface area contributed by atoms with Crippen molar-refractivity contribution >= 4 is 0 Å². The van der Waals surface area contributed by atoms with Gasteiger partial charge in [0.05, 0.1) is 7.11 Å². The molecule has 1 aromatic rings. The zero-order chi connectivity index (χ0) is 10.7. The normalized spacial score (nSPS) is 25.5. The van der Waals surface area contributed by atoms with Crippen molar-refractivity contribution in [1.82, 2.24) is 4.98 Å². The number of hydrogen-bond acceptors (Lipinski definition) is 3. The molecule has 0 aliphatic heterocycles. The second-order valence-electron chi connectivity index (χ2n) is 4.08. The zero-order valence-corrected chi connectivity index (χ0v) is 9.02. The maximum Gasteiger partial charge on any atom is 0.216 e. The first-order valence-electron chi connectivity index (χ1n) is 5.46. The van der Waals surface area contributed by atoms with E-state index in [2.05, 4.69) is 11.1 Å². The molecular formula is C12H17NO2. The Bertz CT molecular complexity index is 327. The molecule has 0 saturated heterocycles. The number of nitrogens with zero attached hydrogens (tertiary/aromatic N) is 1. The quantitative estimate of drug-likeness (QED) is 0.824. The fourth-order valence-electron chi connectivity index (χ4n) is 2.52. The highest BCUT2D eigenvalue weighted by Gasteiger charge is 2.30. The average Bonchev–Trinajstić information content (AvgIpc) is 2.76. The van der Waals surface area contributed by atoms with Crippen LogP contribution in [0.2, 0.25) is 0 Å². The Labute approximate surface area is 90.1 Å². The van der Waals surface area contributed by atoms with E-state index in [0.717, 1.165) is 18.4 Å². The van der Waals surface area contributed by atoms with E-state index in [1.807, 2.05) is 6.07 Å². The lowest BCUT2D eigenvalue weighted by molar-refractivity contribution is 0.216. The minimum Gasteiger partial charge on any atom is -0.481 e. The van der Waals surface area contributed by atoms with Crippen LogP contribution in [-0.2, 0) is 0 Å². The zero-order valence-electron chi connectivity index (χ0n) is 9.02. The molecule has 0 amide bonds. The first kappa shape index (κ1) is 10.4. The van der Waals surface area contributed by atoms with Gasteiger partial charge in [-0.3, -0.25) is 0 Å². The third-order valence-electron chi connectivity index (χ3n) is 3.29. The van der Waals surface area contributed by atoms with E-state index < -0.39 is 0 Å². The van der Waals surface area contributed by atoms with Crippen molar-refractivity contribution < 1.29 is 9.84 Å². The molecule has 1 fully saturated rings. The number of hydrogen-bond donors (Lipinski definition) is 1. The Hall–Kier alpha value is -1.09. The van der Waals surface area contributed by atoms with Gasteiger partial charge < -0.3 is 9.84 Å². The molecule has 0 spiro atoms. The Morgan fingerprint density at radius 2 is 2.40 bits per heavy atom. The maximum atomic E-state index is 9.30. The van der Waals surface area contributed by atoms with Gasteiger partial charge in [0, 0.05) is 18.4 Å². The van der Waals surface area contributed by atoms with Crippen LogP contribution in [0, 0.1) is 5.92 Å². The molecule has 0 aromatic carbocycles. The lowest BCUT2D eigenvalue weighted by Crippen LogP contribution is -2.11. The summed E-state index contributed by atoms with van der Waals surface area (Å²) in [5, 5.41) is 9.30. The second-order valence-corrected chi connectivity index (χ2v) is 4.08. The molecule has 1 aliphatic rings. The second kappa shape index (κ2) is 4.62. The molecule has 0 bridgehead atoms. The number of methoxy groups -OCH3 is 1. The predicted octanol–water partition coefficient (Wildman–Crippen LogP) is 1.97. The van der Waals surface area contributed by atoms with Gasteiger partial charge in [0.2, 0.25) is 5.88 Å². The molecule has 3 heteroatoms. The van der Waals surface area contributed by atoms with Crippen molar-refractivity contribution in [2.45, 2.75) is 25.2 Å². The van der Waals surface area contributed by atoms with Gasteiger partial charge >= 0.3 is 0 Å². The summed E-state index contributed by atoms with van der Waals surface area (Å²) in [5.74, 6) is 1.50. The monoisotopic (exact) mass is 207 g/mol. The van der Waals surface area contributed by atoms with Gasteiger partial charge in [-0.2, -0.15) is 0 Å². The van der Waals surface area contributed by atoms with Gasteiger partial charge in [-0.1, -0.05) is 12.5 Å². The summed E-state index contributed by atoms with van der Waals surface area (Å²) in [6, 6.07) is 4.00. The van der Waals surface area contributed by atoms with Crippen LogP contribution in [0.1, 0.15) is 30.7 Å². The minimum atomic E-state index is 0.267. The summed E-state index contributed by atoms with van der Waals surface area (Å²) in [6.07, 6.45) is 5.17. The summed E-state index contributed by atoms with van der Waals surface area (Å²) >= 11 is 0. The molecule has 0 radical (unpaired) electrons. The van der Waals surface area contributed by atoms with Crippen LogP contribution in [0.5, 0.6) is 5.88 Å². The third kappa shape index (κ3) is 1.97. The van der Waals surface area contributed by atoms with Crippen LogP contribution in [0.4, 0.5) is 0 Å². The SMILES string of the molecule is COc1ncccc1C1CCCC1CO. The lowest BCUT2D eigenvalue weighted by atomic mass is 9.90. The first-order valence-corrected chi connectivity index (χ1v) is 5.46. The number of pyridine rings is 1. The summed E-state index contributed by atoms with van der Waals surface area (Å²) < 4.78 is 5.26. The number of aliphatic hydroxyl groups is 1. The smallest absolute Gasteiger partial charge is 0.216 e. The Morgan fingerprint density at radius 3 is 3.13 bits per heavy atom. The van der Waals surface area contributed by atoms with E-state index in [9.17, 15) is 5.11 Å². The maximum absolute atomic E-state index is 9.30. The van der Waals surface area contributed by atoms with Gasteiger partial charge in [-0.05, 0) is 30.7 Å². The van der Waals surface area contributed by atoms with Crippen LogP contribution in [0.15, 0.2) is 18.3 Å². The fourth-order valence-corrected chi connectivity index (χ4v) is 2.52. The molecule has 3 nitrogen and oxygen atoms in total. The molecule has 1 aromatic heterocycles. The van der Waals surface area contributed by atoms with Crippen LogP contribution in [-0.4, -0.2) is 23.8 Å². The summed E-state index contributed by atoms with van der Waals surface area (Å²) in [4.78, 5) is 4.21. The van der Waals surface area contributed by atoms with Gasteiger partial charge in [0.25, 0.3) is 0 Å². The standard InChI is InChI=1S/C12H17NO2/c1-15-12-11(6-3-7-13-12)10-5-2-4-9(10)8-14/h3,6-7,9-10,14H,2,4-5,8H2,1H3. The van der Waals surface area contributed by atoms with Gasteiger partial charge in [-0.25, -0.2) is 4.98 Å². The summed E-state index contributed by atoms with van der Waals surface area (Å²) in [7, 11) is 1.65. The molecule has 1 saturated carbocycles. The topological polar surface area (TPSA) is 42.4 Å². The summed E-state index contributed by atoms with van der Waals surface area (Å²) in [5.41, 5.74) is 1.15. The molecule has 1 aliphatic carbocycles. The van der Waals surface area contributed by atoms with E-state index in [1.165, 1.54) is 6.42 Å². The molecule has 2 atom stereocenters. The number of aliphatic hydroxyl groups excluding tert-OH is 1. The van der Waals surface area contributed by atoms with Gasteiger partial charge in [0.15, 0.2) is 0 Å². The number of aromatic nitrogens is 1. The highest BCUT2D eigenvalue weighted by Crippen LogP contribution is 2.41. The van der Waals surface area contributed by atoms with Crippen molar-refractivity contribution in [3.8, 4) is 5.88 Å². The van der Waals surface area contributed by atoms with Crippen molar-refractivity contribution in [3.63, 3.8) is 0 Å². The van der Waals surface area contributed by atoms with E-state index in [0.29, 0.717) is 17.7 Å². The summed E-state index contributed by atoms with van der Waals surface area (Å²) in [6.45, 7) is 0.267. The average molecular weight is 207 g/mol. The van der Waals surface area contributed by atoms with E-state index in [1.54, 1.807) is 13.3 Å². The number of rotatable bonds is 3. The van der Waals surface area contributed by atoms with Crippen LogP contribution < -0.4 is 4.74 Å². The largest absolute Gasteiger partial charge is 0.481 e. The molecule has 1 N–H and O–H groups in total. The van der Waals surface area contributed by atoms with E-state index >= 15 is 0 Å². The van der Waals surface area contributed by atoms with Crippen LogP contribution in [0.3, 0.4) is 0 Å². The van der Waals surface area contributed by atoms with Crippen molar-refractivity contribution in [2.75, 3.05) is 13.7 Å². The fraction of sp³-hybridized carbons (Fsp3) is 0.583. The van der Waals surface area contributed by atoms with Crippen LogP contribution in [0.25, 0.3) is 0 Å². The molecule has 1 heterocycles. The van der Waals surface area contributed by atoms with Gasteiger partial charge in [0.1, 0.15) is 0 Å². The molecule has 82 valence electrons. The molecule has 2 rings (SSSR count). The molecular weight excluding hydrogens is 190 g/mol. The predicted molar refractivity (Wildman–Crippen MR) is 58.0 cm³/mol. The minimum absolute atomic E-state index is 0.267. The van der Waals surface area contributed by atoms with Crippen molar-refractivity contribution in [3.05, 3.63) is 23.9 Å². The Kier molecular flexibility index (Phi) is 3.21. The third-order valence-corrected chi connectivity index (χ3v) is 3.29. The molecule has 15 heavy (non-hydrogen) atoms. The highest BCUT2D eigenvalue weighted by molar-refractivity contribution is 5.30. The van der Waals surface area contributed by atoms with Gasteiger partial charge in [-0.15, -0.1) is 0 Å². The lowest BCUT2D eigenvalue weighted by Gasteiger charge is -2.19. The Morgan fingerprint density at radius 1 is 1.53 bits per heavy atom. The Balaban J connectivity index is 2.27. The highest BCUT2D eigenvalue weighted by atomic mass is 16.5. The molecule has 2 unspecified atom stereocenters. The van der Waals surface area contributed by atoms with E-state index in [4.69, 9.17) is 4.74 Å². The number of ether oxygens (including phenoxy) is 1. The van der Waals surface area contributed by atoms with Crippen molar-refractivity contribution in [1.29, 1.82) is 0 Å². The van der Waals surface area contributed by atoms with E-state index in [-0.39, 0.29) is 6.61 Å². The first-order chi connectivity index (χ1) is 7.36. The van der Waals surface area contributed by atoms with Crippen LogP contribution >= 0.6 is 0 Å². The van der Waals surface area contributed by atoms with Crippen molar-refractivity contribution in [2.24, 2.45) is 5.92 Å².